The lowest BCUT2D eigenvalue weighted by atomic mass is 10.3. The maximum atomic E-state index is 12.9. The van der Waals surface area contributed by atoms with Crippen molar-refractivity contribution in [2.24, 2.45) is 0 Å². The SMILES string of the molecule is CCCC(OC(C)=O)(P(c1ccccc1)c1ccccc1)P(c1ccccc1)c1ccccc1. The lowest BCUT2D eigenvalue weighted by Crippen LogP contribution is -2.42. The summed E-state index contributed by atoms with van der Waals surface area (Å²) in [6.07, 6.45) is 1.68. The highest BCUT2D eigenvalue weighted by Gasteiger charge is 2.50. The van der Waals surface area contributed by atoms with E-state index in [9.17, 15) is 4.79 Å². The van der Waals surface area contributed by atoms with E-state index in [4.69, 9.17) is 4.74 Å². The minimum atomic E-state index is -1.04. The first-order valence-corrected chi connectivity index (χ1v) is 14.3. The molecule has 4 heteroatoms. The van der Waals surface area contributed by atoms with Gasteiger partial charge >= 0.3 is 5.97 Å². The van der Waals surface area contributed by atoms with Crippen molar-refractivity contribution in [1.82, 2.24) is 0 Å². The van der Waals surface area contributed by atoms with E-state index in [1.807, 2.05) is 24.3 Å². The van der Waals surface area contributed by atoms with Crippen molar-refractivity contribution in [3.8, 4) is 0 Å². The van der Waals surface area contributed by atoms with Crippen molar-refractivity contribution in [2.45, 2.75) is 31.8 Å². The van der Waals surface area contributed by atoms with Crippen molar-refractivity contribution >= 4 is 43.0 Å². The lowest BCUT2D eigenvalue weighted by molar-refractivity contribution is -0.144. The second-order valence-electron chi connectivity index (χ2n) is 8.10. The van der Waals surface area contributed by atoms with Gasteiger partial charge in [0.25, 0.3) is 0 Å². The third-order valence-corrected chi connectivity index (χ3v) is 12.1. The molecule has 2 nitrogen and oxygen atoms in total. The molecule has 4 aromatic rings. The Kier molecular flexibility index (Phi) is 8.28. The second kappa shape index (κ2) is 11.6. The minimum Gasteiger partial charge on any atom is -0.449 e. The topological polar surface area (TPSA) is 26.3 Å². The fourth-order valence-corrected chi connectivity index (χ4v) is 12.0. The van der Waals surface area contributed by atoms with Crippen molar-refractivity contribution < 1.29 is 9.53 Å². The van der Waals surface area contributed by atoms with Crippen LogP contribution in [0.3, 0.4) is 0 Å². The van der Waals surface area contributed by atoms with Crippen LogP contribution in [0.15, 0.2) is 121 Å². The lowest BCUT2D eigenvalue weighted by Gasteiger charge is -2.46. The van der Waals surface area contributed by atoms with Crippen molar-refractivity contribution in [3.05, 3.63) is 121 Å². The highest BCUT2D eigenvalue weighted by atomic mass is 31.2. The highest BCUT2D eigenvalue weighted by molar-refractivity contribution is 7.90. The van der Waals surface area contributed by atoms with Gasteiger partial charge in [-0.2, -0.15) is 0 Å². The van der Waals surface area contributed by atoms with E-state index in [1.54, 1.807) is 6.92 Å². The van der Waals surface area contributed by atoms with E-state index in [0.717, 1.165) is 12.8 Å². The summed E-state index contributed by atoms with van der Waals surface area (Å²) in [6.45, 7) is 3.74. The first kappa shape index (κ1) is 24.3. The largest absolute Gasteiger partial charge is 0.449 e. The summed E-state index contributed by atoms with van der Waals surface area (Å²) < 4.78 is 6.64. The number of carbonyl (C=O) groups is 1. The molecule has 0 aromatic heterocycles. The Hall–Kier alpha value is -2.79. The molecule has 172 valence electrons. The molecule has 0 unspecified atom stereocenters. The number of rotatable bonds is 9. The Balaban J connectivity index is 2.07. The molecular weight excluding hydrogens is 454 g/mol. The Bertz CT molecular complexity index is 1000. The predicted octanol–water partition coefficient (Wildman–Crippen LogP) is 6.27. The van der Waals surface area contributed by atoms with E-state index in [0.29, 0.717) is 0 Å². The first-order chi connectivity index (χ1) is 16.7. The van der Waals surface area contributed by atoms with Crippen molar-refractivity contribution in [2.75, 3.05) is 0 Å². The second-order valence-corrected chi connectivity index (χ2v) is 13.3. The zero-order valence-electron chi connectivity index (χ0n) is 19.7. The van der Waals surface area contributed by atoms with Gasteiger partial charge in [0.2, 0.25) is 0 Å². The summed E-state index contributed by atoms with van der Waals surface area (Å²) in [5, 5.41) is 4.18. The van der Waals surface area contributed by atoms with Crippen molar-refractivity contribution in [1.29, 1.82) is 0 Å². The van der Waals surface area contributed by atoms with Gasteiger partial charge in [-0.25, -0.2) is 0 Å². The Morgan fingerprint density at radius 1 is 0.618 bits per heavy atom. The number of carbonyl (C=O) groups excluding carboxylic acids is 1. The molecule has 0 saturated carbocycles. The van der Waals surface area contributed by atoms with Gasteiger partial charge in [0, 0.05) is 22.8 Å². The molecule has 0 aliphatic heterocycles. The highest BCUT2D eigenvalue weighted by Crippen LogP contribution is 2.67. The molecule has 34 heavy (non-hydrogen) atoms. The van der Waals surface area contributed by atoms with E-state index >= 15 is 0 Å². The number of hydrogen-bond acceptors (Lipinski definition) is 2. The zero-order valence-corrected chi connectivity index (χ0v) is 21.5. The summed E-state index contributed by atoms with van der Waals surface area (Å²) >= 11 is 0. The van der Waals surface area contributed by atoms with E-state index < -0.39 is 20.9 Å². The first-order valence-electron chi connectivity index (χ1n) is 11.7. The molecule has 0 atom stereocenters. The molecule has 0 bridgehead atoms. The van der Waals surface area contributed by atoms with Crippen molar-refractivity contribution in [3.63, 3.8) is 0 Å². The maximum Gasteiger partial charge on any atom is 0.303 e. The van der Waals surface area contributed by atoms with Gasteiger partial charge in [0.05, 0.1) is 0 Å². The summed E-state index contributed by atoms with van der Waals surface area (Å²) in [6, 6.07) is 42.4. The van der Waals surface area contributed by atoms with Crippen LogP contribution in [-0.2, 0) is 9.53 Å². The zero-order chi connectivity index (χ0) is 23.8. The molecule has 0 aliphatic rings. The van der Waals surface area contributed by atoms with Gasteiger partial charge in [0.1, 0.15) is 0 Å². The quantitative estimate of drug-likeness (QED) is 0.207. The number of benzene rings is 4. The van der Waals surface area contributed by atoms with Gasteiger partial charge in [0.15, 0.2) is 5.08 Å². The van der Waals surface area contributed by atoms with Crippen LogP contribution in [-0.4, -0.2) is 11.1 Å². The molecule has 0 radical (unpaired) electrons. The van der Waals surface area contributed by atoms with Crippen LogP contribution in [0.1, 0.15) is 26.7 Å². The van der Waals surface area contributed by atoms with E-state index in [1.165, 1.54) is 21.2 Å². The Morgan fingerprint density at radius 3 is 1.15 bits per heavy atom. The van der Waals surface area contributed by atoms with Crippen LogP contribution in [0.25, 0.3) is 0 Å². The summed E-state index contributed by atoms with van der Waals surface area (Å²) in [5.41, 5.74) is 0. The van der Waals surface area contributed by atoms with Crippen LogP contribution >= 0.6 is 15.8 Å². The van der Waals surface area contributed by atoms with Gasteiger partial charge < -0.3 is 4.74 Å². The van der Waals surface area contributed by atoms with E-state index in [-0.39, 0.29) is 5.97 Å². The predicted molar refractivity (Wildman–Crippen MR) is 148 cm³/mol. The maximum absolute atomic E-state index is 12.9. The Labute approximate surface area is 205 Å². The Morgan fingerprint density at radius 2 is 0.912 bits per heavy atom. The molecule has 0 saturated heterocycles. The fraction of sp³-hybridized carbons (Fsp3) is 0.167. The summed E-state index contributed by atoms with van der Waals surface area (Å²) in [7, 11) is -2.08. The molecule has 0 fully saturated rings. The molecular formula is C30H30O2P2. The van der Waals surface area contributed by atoms with Gasteiger partial charge in [-0.15, -0.1) is 0 Å². The van der Waals surface area contributed by atoms with Gasteiger partial charge in [-0.1, -0.05) is 135 Å². The van der Waals surface area contributed by atoms with Gasteiger partial charge in [-0.3, -0.25) is 4.79 Å². The number of hydrogen-bond donors (Lipinski definition) is 0. The smallest absolute Gasteiger partial charge is 0.303 e. The normalized spacial score (nSPS) is 11.5. The molecule has 4 rings (SSSR count). The monoisotopic (exact) mass is 484 g/mol. The van der Waals surface area contributed by atoms with E-state index in [2.05, 4.69) is 104 Å². The van der Waals surface area contributed by atoms with Crippen LogP contribution < -0.4 is 21.2 Å². The third kappa shape index (κ3) is 5.30. The summed E-state index contributed by atoms with van der Waals surface area (Å²) in [4.78, 5) is 12.9. The number of ether oxygens (including phenoxy) is 1. The number of esters is 1. The average molecular weight is 485 g/mol. The van der Waals surface area contributed by atoms with Crippen LogP contribution in [0.4, 0.5) is 0 Å². The fourth-order valence-electron chi connectivity index (χ4n) is 4.44. The molecule has 0 N–H and O–H groups in total. The van der Waals surface area contributed by atoms with Gasteiger partial charge in [-0.05, 0) is 27.6 Å². The van der Waals surface area contributed by atoms with Crippen LogP contribution in [0.5, 0.6) is 0 Å². The molecule has 4 aromatic carbocycles. The van der Waals surface area contributed by atoms with Crippen LogP contribution in [0.2, 0.25) is 0 Å². The summed E-state index contributed by atoms with van der Waals surface area (Å²) in [5.74, 6) is -0.229. The van der Waals surface area contributed by atoms with Crippen LogP contribution in [0, 0.1) is 0 Å². The molecule has 0 spiro atoms. The standard InChI is InChI=1S/C30H30O2P2/c1-3-24-30(32-25(2)31,33(26-16-8-4-9-17-26)27-18-10-5-11-19-27)34(28-20-12-6-13-21-28)29-22-14-7-15-23-29/h4-23H,3,24H2,1-2H3. The minimum absolute atomic E-state index is 0.229. The average Bonchev–Trinajstić information content (AvgIpc) is 2.87. The molecule has 0 aliphatic carbocycles. The molecule has 0 amide bonds. The third-order valence-electron chi connectivity index (χ3n) is 5.64. The molecule has 0 heterocycles.